The first-order chi connectivity index (χ1) is 6.52. The van der Waals surface area contributed by atoms with Gasteiger partial charge in [0.25, 0.3) is 0 Å². The molecule has 0 aliphatic heterocycles. The van der Waals surface area contributed by atoms with Crippen LogP contribution in [0.25, 0.3) is 0 Å². The fraction of sp³-hybridized carbons (Fsp3) is 0.800. The quantitative estimate of drug-likeness (QED) is 0.650. The van der Waals surface area contributed by atoms with Crippen LogP contribution in [0.4, 0.5) is 4.79 Å². The molecule has 80 valence electrons. The van der Waals surface area contributed by atoms with Gasteiger partial charge in [0.15, 0.2) is 0 Å². The Hall–Kier alpha value is -1.06. The van der Waals surface area contributed by atoms with E-state index in [1.807, 2.05) is 0 Å². The number of carbonyl (C=O) groups excluding carboxylic acids is 1. The van der Waals surface area contributed by atoms with Crippen LogP contribution < -0.4 is 11.2 Å². The third kappa shape index (κ3) is 2.47. The lowest BCUT2D eigenvalue weighted by molar-refractivity contribution is 0.249. The van der Waals surface area contributed by atoms with Crippen molar-refractivity contribution in [3.8, 4) is 0 Å². The number of carbonyl (C=O) groups is 1. The Balaban J connectivity index is 2.71. The first-order valence-corrected chi connectivity index (χ1v) is 5.15. The van der Waals surface area contributed by atoms with Crippen LogP contribution in [0.5, 0.6) is 0 Å². The third-order valence-corrected chi connectivity index (χ3v) is 2.90. The van der Waals surface area contributed by atoms with E-state index >= 15 is 0 Å². The van der Waals surface area contributed by atoms with Gasteiger partial charge in [-0.1, -0.05) is 20.8 Å². The van der Waals surface area contributed by atoms with E-state index in [2.05, 4.69) is 31.3 Å². The lowest BCUT2D eigenvalue weighted by atomic mass is 9.92. The standard InChI is InChI=1S/C10H19N3O/c1-6(2)8-5-4-7(3)9(8)12-13-10(11)14/h6-8H,4-5H2,1-3H3,(H3,11,13,14)/b12-9+. The Labute approximate surface area is 84.9 Å². The van der Waals surface area contributed by atoms with Crippen molar-refractivity contribution in [3.63, 3.8) is 0 Å². The van der Waals surface area contributed by atoms with Crippen LogP contribution in [-0.4, -0.2) is 11.7 Å². The summed E-state index contributed by atoms with van der Waals surface area (Å²) in [6, 6.07) is -0.584. The van der Waals surface area contributed by atoms with Crippen molar-refractivity contribution in [2.24, 2.45) is 28.6 Å². The summed E-state index contributed by atoms with van der Waals surface area (Å²) >= 11 is 0. The highest BCUT2D eigenvalue weighted by atomic mass is 16.2. The van der Waals surface area contributed by atoms with Gasteiger partial charge >= 0.3 is 6.03 Å². The Morgan fingerprint density at radius 1 is 1.57 bits per heavy atom. The lowest BCUT2D eigenvalue weighted by Crippen LogP contribution is -2.28. The average molecular weight is 197 g/mol. The zero-order valence-corrected chi connectivity index (χ0v) is 9.08. The second kappa shape index (κ2) is 4.44. The molecule has 0 aromatic heterocycles. The molecular weight excluding hydrogens is 178 g/mol. The predicted molar refractivity (Wildman–Crippen MR) is 56.9 cm³/mol. The van der Waals surface area contributed by atoms with Gasteiger partial charge < -0.3 is 5.73 Å². The van der Waals surface area contributed by atoms with Gasteiger partial charge in [0.1, 0.15) is 0 Å². The summed E-state index contributed by atoms with van der Waals surface area (Å²) < 4.78 is 0. The summed E-state index contributed by atoms with van der Waals surface area (Å²) in [5.41, 5.74) is 8.41. The van der Waals surface area contributed by atoms with Crippen molar-refractivity contribution in [1.82, 2.24) is 5.43 Å². The maximum absolute atomic E-state index is 10.5. The molecule has 2 unspecified atom stereocenters. The fourth-order valence-electron chi connectivity index (χ4n) is 2.08. The summed E-state index contributed by atoms with van der Waals surface area (Å²) in [5, 5.41) is 4.10. The minimum atomic E-state index is -0.584. The minimum absolute atomic E-state index is 0.467. The Morgan fingerprint density at radius 3 is 2.71 bits per heavy atom. The van der Waals surface area contributed by atoms with Gasteiger partial charge in [0.05, 0.1) is 0 Å². The maximum atomic E-state index is 10.5. The molecule has 4 heteroatoms. The Kier molecular flexibility index (Phi) is 3.49. The molecule has 0 aromatic carbocycles. The monoisotopic (exact) mass is 197 g/mol. The van der Waals surface area contributed by atoms with Crippen molar-refractivity contribution in [2.45, 2.75) is 33.6 Å². The fourth-order valence-corrected chi connectivity index (χ4v) is 2.08. The van der Waals surface area contributed by atoms with Crippen LogP contribution in [0, 0.1) is 17.8 Å². The smallest absolute Gasteiger partial charge is 0.332 e. The molecule has 0 radical (unpaired) electrons. The number of hydrogen-bond donors (Lipinski definition) is 2. The second-order valence-corrected chi connectivity index (χ2v) is 4.34. The number of hydrogen-bond acceptors (Lipinski definition) is 2. The zero-order chi connectivity index (χ0) is 10.7. The van der Waals surface area contributed by atoms with E-state index in [0.717, 1.165) is 18.6 Å². The predicted octanol–water partition coefficient (Wildman–Crippen LogP) is 1.71. The molecule has 1 saturated carbocycles. The van der Waals surface area contributed by atoms with Gasteiger partial charge in [-0.05, 0) is 24.7 Å². The maximum Gasteiger partial charge on any atom is 0.332 e. The van der Waals surface area contributed by atoms with Gasteiger partial charge in [-0.25, -0.2) is 10.2 Å². The van der Waals surface area contributed by atoms with E-state index in [4.69, 9.17) is 5.73 Å². The number of urea groups is 1. The van der Waals surface area contributed by atoms with Gasteiger partial charge in [-0.3, -0.25) is 0 Å². The zero-order valence-electron chi connectivity index (χ0n) is 9.08. The van der Waals surface area contributed by atoms with Crippen LogP contribution in [0.1, 0.15) is 33.6 Å². The first kappa shape index (κ1) is 11.0. The van der Waals surface area contributed by atoms with Crippen LogP contribution >= 0.6 is 0 Å². The molecule has 1 fully saturated rings. The lowest BCUT2D eigenvalue weighted by Gasteiger charge is -2.16. The van der Waals surface area contributed by atoms with E-state index < -0.39 is 6.03 Å². The van der Waals surface area contributed by atoms with Crippen LogP contribution in [0.15, 0.2) is 5.10 Å². The number of hydrazone groups is 1. The Bertz CT molecular complexity index is 248. The van der Waals surface area contributed by atoms with Crippen LogP contribution in [0.3, 0.4) is 0 Å². The van der Waals surface area contributed by atoms with Crippen molar-refractivity contribution in [2.75, 3.05) is 0 Å². The molecule has 0 aromatic rings. The SMILES string of the molecule is CC1CCC(C(C)C)/C1=N/NC(N)=O. The molecule has 2 amide bonds. The molecule has 3 N–H and O–H groups in total. The summed E-state index contributed by atoms with van der Waals surface area (Å²) in [6.45, 7) is 6.51. The molecule has 1 aliphatic carbocycles. The summed E-state index contributed by atoms with van der Waals surface area (Å²) in [5.74, 6) is 1.54. The topological polar surface area (TPSA) is 67.5 Å². The van der Waals surface area contributed by atoms with Gasteiger partial charge in [-0.2, -0.15) is 5.10 Å². The molecule has 0 bridgehead atoms. The second-order valence-electron chi connectivity index (χ2n) is 4.34. The van der Waals surface area contributed by atoms with Crippen molar-refractivity contribution in [1.29, 1.82) is 0 Å². The van der Waals surface area contributed by atoms with E-state index in [-0.39, 0.29) is 0 Å². The van der Waals surface area contributed by atoms with Crippen molar-refractivity contribution >= 4 is 11.7 Å². The number of nitrogens with zero attached hydrogens (tertiary/aromatic N) is 1. The van der Waals surface area contributed by atoms with Crippen molar-refractivity contribution < 1.29 is 4.79 Å². The van der Waals surface area contributed by atoms with Gasteiger partial charge in [0.2, 0.25) is 0 Å². The number of rotatable bonds is 2. The molecular formula is C10H19N3O. The van der Waals surface area contributed by atoms with E-state index in [9.17, 15) is 4.79 Å². The number of nitrogens with one attached hydrogen (secondary N) is 1. The highest BCUT2D eigenvalue weighted by Gasteiger charge is 2.31. The van der Waals surface area contributed by atoms with Gasteiger partial charge in [-0.15, -0.1) is 0 Å². The first-order valence-electron chi connectivity index (χ1n) is 5.15. The molecule has 0 heterocycles. The molecule has 2 atom stereocenters. The average Bonchev–Trinajstić information content (AvgIpc) is 2.43. The van der Waals surface area contributed by atoms with Crippen LogP contribution in [-0.2, 0) is 0 Å². The van der Waals surface area contributed by atoms with Crippen molar-refractivity contribution in [3.05, 3.63) is 0 Å². The number of nitrogens with two attached hydrogens (primary N) is 1. The number of primary amides is 1. The van der Waals surface area contributed by atoms with E-state index in [1.54, 1.807) is 0 Å². The molecule has 1 aliphatic rings. The normalized spacial score (nSPS) is 29.9. The molecule has 4 nitrogen and oxygen atoms in total. The minimum Gasteiger partial charge on any atom is -0.350 e. The summed E-state index contributed by atoms with van der Waals surface area (Å²) in [4.78, 5) is 10.5. The largest absolute Gasteiger partial charge is 0.350 e. The van der Waals surface area contributed by atoms with Crippen LogP contribution in [0.2, 0.25) is 0 Å². The molecule has 1 rings (SSSR count). The molecule has 14 heavy (non-hydrogen) atoms. The molecule has 0 saturated heterocycles. The van der Waals surface area contributed by atoms with Gasteiger partial charge in [0, 0.05) is 11.6 Å². The third-order valence-electron chi connectivity index (χ3n) is 2.90. The highest BCUT2D eigenvalue weighted by Crippen LogP contribution is 2.32. The highest BCUT2D eigenvalue weighted by molar-refractivity contribution is 5.91. The Morgan fingerprint density at radius 2 is 2.21 bits per heavy atom. The molecule has 0 spiro atoms. The summed E-state index contributed by atoms with van der Waals surface area (Å²) in [7, 11) is 0. The van der Waals surface area contributed by atoms with E-state index in [1.165, 1.54) is 0 Å². The number of amides is 2. The summed E-state index contributed by atoms with van der Waals surface area (Å²) in [6.07, 6.45) is 2.32. The van der Waals surface area contributed by atoms with E-state index in [0.29, 0.717) is 17.8 Å².